The Morgan fingerprint density at radius 3 is 2.78 bits per heavy atom. The average molecular weight is 496 g/mol. The second kappa shape index (κ2) is 10.7. The van der Waals surface area contributed by atoms with Crippen molar-refractivity contribution in [2.75, 3.05) is 31.9 Å². The van der Waals surface area contributed by atoms with Gasteiger partial charge in [-0.05, 0) is 56.1 Å². The molecule has 0 bridgehead atoms. The highest BCUT2D eigenvalue weighted by Gasteiger charge is 2.66. The fourth-order valence-electron chi connectivity index (χ4n) is 6.52. The van der Waals surface area contributed by atoms with Crippen LogP contribution in [0.1, 0.15) is 69.0 Å². The van der Waals surface area contributed by atoms with Crippen LogP contribution >= 0.6 is 0 Å². The lowest BCUT2D eigenvalue weighted by molar-refractivity contribution is -0.146. The summed E-state index contributed by atoms with van der Waals surface area (Å²) in [5, 5.41) is 9.97. The van der Waals surface area contributed by atoms with Gasteiger partial charge in [0, 0.05) is 25.3 Å². The zero-order valence-electron chi connectivity index (χ0n) is 21.5. The Hall–Kier alpha value is -2.68. The first-order valence-electron chi connectivity index (χ1n) is 13.8. The minimum Gasteiger partial charge on any atom is -0.384 e. The zero-order valence-corrected chi connectivity index (χ0v) is 21.5. The Morgan fingerprint density at radius 2 is 2.03 bits per heavy atom. The van der Waals surface area contributed by atoms with Crippen LogP contribution < -0.4 is 21.7 Å². The number of carbonyl (C=O) groups excluding carboxylic acids is 2. The fourth-order valence-corrected chi connectivity index (χ4v) is 6.52. The molecule has 3 fully saturated rings. The molecule has 1 aromatic heterocycles. The predicted octanol–water partition coefficient (Wildman–Crippen LogP) is 1.90. The lowest BCUT2D eigenvalue weighted by atomic mass is 9.84. The van der Waals surface area contributed by atoms with Crippen molar-refractivity contribution in [3.05, 3.63) is 23.4 Å². The van der Waals surface area contributed by atoms with Gasteiger partial charge in [-0.1, -0.05) is 38.2 Å². The van der Waals surface area contributed by atoms with Gasteiger partial charge in [-0.25, -0.2) is 4.98 Å². The number of aliphatic imine (C=N–C) groups is 1. The third kappa shape index (κ3) is 5.21. The van der Waals surface area contributed by atoms with E-state index >= 15 is 0 Å². The van der Waals surface area contributed by atoms with Crippen molar-refractivity contribution >= 4 is 23.5 Å². The average Bonchev–Trinajstić information content (AvgIpc) is 3.43. The Bertz CT molecular complexity index is 1010. The standard InChI is InChI=1S/C27H41N7O2/c1-18-20(9-10-23(28)33-18)16-32-26(36)27-15-21(27)8-5-13-34(27)25(35)22(14-19-6-3-2-4-7-19)31-17-24-29-11-12-30-24/h9-10,19,21-22,31H,2-8,11-17H2,1H3,(H2,28,33)(H,29,30)(H,32,36)/t21-,22-,27+/m1/s1. The molecule has 2 aliphatic carbocycles. The molecule has 1 aromatic rings. The summed E-state index contributed by atoms with van der Waals surface area (Å²) in [7, 11) is 0. The molecule has 0 unspecified atom stereocenters. The smallest absolute Gasteiger partial charge is 0.246 e. The minimum atomic E-state index is -0.708. The van der Waals surface area contributed by atoms with Gasteiger partial charge in [0.1, 0.15) is 17.2 Å². The van der Waals surface area contributed by atoms with Gasteiger partial charge in [0.25, 0.3) is 0 Å². The number of amides is 2. The number of hydrogen-bond donors (Lipinski definition) is 4. The molecule has 36 heavy (non-hydrogen) atoms. The molecule has 5 rings (SSSR count). The van der Waals surface area contributed by atoms with Gasteiger partial charge in [-0.3, -0.25) is 19.9 Å². The van der Waals surface area contributed by atoms with E-state index < -0.39 is 5.54 Å². The summed E-state index contributed by atoms with van der Waals surface area (Å²) in [6.45, 7) is 5.16. The second-order valence-corrected chi connectivity index (χ2v) is 11.0. The van der Waals surface area contributed by atoms with Crippen molar-refractivity contribution in [1.82, 2.24) is 25.8 Å². The Labute approximate surface area is 214 Å². The number of carbonyl (C=O) groups is 2. The number of aromatic nitrogens is 1. The van der Waals surface area contributed by atoms with Crippen LogP contribution in [0.2, 0.25) is 0 Å². The van der Waals surface area contributed by atoms with E-state index in [9.17, 15) is 9.59 Å². The summed E-state index contributed by atoms with van der Waals surface area (Å²) < 4.78 is 0. The molecule has 2 amide bonds. The molecule has 1 saturated heterocycles. The highest BCUT2D eigenvalue weighted by Crippen LogP contribution is 2.54. The number of amidine groups is 1. The summed E-state index contributed by atoms with van der Waals surface area (Å²) in [6.07, 6.45) is 9.72. The first kappa shape index (κ1) is 25.0. The zero-order chi connectivity index (χ0) is 25.1. The molecule has 3 heterocycles. The first-order valence-corrected chi connectivity index (χ1v) is 13.8. The van der Waals surface area contributed by atoms with Crippen molar-refractivity contribution in [3.63, 3.8) is 0 Å². The number of anilines is 1. The Morgan fingerprint density at radius 1 is 1.19 bits per heavy atom. The van der Waals surface area contributed by atoms with Gasteiger partial charge in [0.05, 0.1) is 19.1 Å². The molecule has 2 saturated carbocycles. The number of nitrogens with zero attached hydrogens (tertiary/aromatic N) is 3. The number of nitrogens with one attached hydrogen (secondary N) is 3. The van der Waals surface area contributed by atoms with E-state index in [2.05, 4.69) is 25.9 Å². The van der Waals surface area contributed by atoms with Gasteiger partial charge < -0.3 is 21.3 Å². The summed E-state index contributed by atoms with van der Waals surface area (Å²) >= 11 is 0. The van der Waals surface area contributed by atoms with Crippen LogP contribution in [0.15, 0.2) is 17.1 Å². The number of likely N-dealkylation sites (tertiary alicyclic amines) is 1. The third-order valence-electron chi connectivity index (χ3n) is 8.66. The molecule has 9 nitrogen and oxygen atoms in total. The molecular formula is C27H41N7O2. The van der Waals surface area contributed by atoms with Crippen LogP contribution in [0.4, 0.5) is 5.82 Å². The summed E-state index contributed by atoms with van der Waals surface area (Å²) in [5.41, 5.74) is 6.83. The SMILES string of the molecule is Cc1nc(N)ccc1CNC(=O)[C@]12C[C@H]1CCCN2C(=O)[C@@H](CC1CCCCC1)NCC1=NCCN1. The maximum atomic E-state index is 14.1. The number of aryl methyl sites for hydroxylation is 1. The molecule has 2 aliphatic heterocycles. The molecule has 0 spiro atoms. The molecule has 196 valence electrons. The van der Waals surface area contributed by atoms with E-state index in [1.165, 1.54) is 32.1 Å². The molecule has 3 atom stereocenters. The molecule has 4 aliphatic rings. The molecule has 0 radical (unpaired) electrons. The van der Waals surface area contributed by atoms with E-state index in [1.54, 1.807) is 6.07 Å². The quantitative estimate of drug-likeness (QED) is 0.415. The maximum Gasteiger partial charge on any atom is 0.246 e. The van der Waals surface area contributed by atoms with Crippen molar-refractivity contribution in [1.29, 1.82) is 0 Å². The summed E-state index contributed by atoms with van der Waals surface area (Å²) in [6, 6.07) is 3.38. The van der Waals surface area contributed by atoms with Crippen LogP contribution in [0.5, 0.6) is 0 Å². The largest absolute Gasteiger partial charge is 0.384 e. The predicted molar refractivity (Wildman–Crippen MR) is 140 cm³/mol. The van der Waals surface area contributed by atoms with E-state index in [0.717, 1.165) is 55.9 Å². The van der Waals surface area contributed by atoms with Gasteiger partial charge >= 0.3 is 0 Å². The number of nitrogens with two attached hydrogens (primary N) is 1. The normalized spacial score (nSPS) is 26.5. The monoisotopic (exact) mass is 495 g/mol. The van der Waals surface area contributed by atoms with Crippen LogP contribution in [0.3, 0.4) is 0 Å². The minimum absolute atomic E-state index is 0.0324. The van der Waals surface area contributed by atoms with Gasteiger partial charge in [0.15, 0.2) is 0 Å². The van der Waals surface area contributed by atoms with Gasteiger partial charge in [-0.2, -0.15) is 0 Å². The van der Waals surface area contributed by atoms with Crippen molar-refractivity contribution < 1.29 is 9.59 Å². The second-order valence-electron chi connectivity index (χ2n) is 11.0. The number of piperidine rings is 1. The highest BCUT2D eigenvalue weighted by molar-refractivity contribution is 5.96. The van der Waals surface area contributed by atoms with E-state index in [0.29, 0.717) is 31.4 Å². The lowest BCUT2D eigenvalue weighted by Gasteiger charge is -2.39. The van der Waals surface area contributed by atoms with Crippen LogP contribution in [0, 0.1) is 18.8 Å². The van der Waals surface area contributed by atoms with Crippen LogP contribution in [-0.2, 0) is 16.1 Å². The number of hydrogen-bond acceptors (Lipinski definition) is 7. The third-order valence-corrected chi connectivity index (χ3v) is 8.66. The topological polar surface area (TPSA) is 125 Å². The van der Waals surface area contributed by atoms with Crippen molar-refractivity contribution in [2.45, 2.75) is 82.8 Å². The molecule has 9 heteroatoms. The van der Waals surface area contributed by atoms with E-state index in [-0.39, 0.29) is 23.8 Å². The van der Waals surface area contributed by atoms with E-state index in [1.807, 2.05) is 17.9 Å². The Balaban J connectivity index is 1.29. The van der Waals surface area contributed by atoms with Crippen molar-refractivity contribution in [2.24, 2.45) is 16.8 Å². The molecule has 5 N–H and O–H groups in total. The number of rotatable bonds is 9. The highest BCUT2D eigenvalue weighted by atomic mass is 16.2. The van der Waals surface area contributed by atoms with Crippen LogP contribution in [0.25, 0.3) is 0 Å². The lowest BCUT2D eigenvalue weighted by Crippen LogP contribution is -2.60. The number of fused-ring (bicyclic) bond motifs is 1. The van der Waals surface area contributed by atoms with Crippen molar-refractivity contribution in [3.8, 4) is 0 Å². The maximum absolute atomic E-state index is 14.1. The number of pyridine rings is 1. The van der Waals surface area contributed by atoms with Gasteiger partial charge in [-0.15, -0.1) is 0 Å². The molecular weight excluding hydrogens is 454 g/mol. The molecule has 0 aromatic carbocycles. The van der Waals surface area contributed by atoms with E-state index in [4.69, 9.17) is 5.73 Å². The summed E-state index contributed by atoms with van der Waals surface area (Å²) in [4.78, 5) is 38.4. The van der Waals surface area contributed by atoms with Crippen LogP contribution in [-0.4, -0.2) is 65.3 Å². The van der Waals surface area contributed by atoms with Gasteiger partial charge in [0.2, 0.25) is 11.8 Å². The first-order chi connectivity index (χ1) is 17.5. The Kier molecular flexibility index (Phi) is 7.46. The number of nitrogen functional groups attached to an aromatic ring is 1. The summed E-state index contributed by atoms with van der Waals surface area (Å²) in [5.74, 6) is 2.26. The fraction of sp³-hybridized carbons (Fsp3) is 0.704.